The molecule has 0 unspecified atom stereocenters. The third-order valence-electron chi connectivity index (χ3n) is 2.07. The maximum absolute atomic E-state index is 2.50. The molecule has 0 saturated heterocycles. The molecule has 0 fully saturated rings. The summed E-state index contributed by atoms with van der Waals surface area (Å²) in [5, 5.41) is 0. The first-order valence-electron chi connectivity index (χ1n) is 3.95. The van der Waals surface area contributed by atoms with E-state index in [4.69, 9.17) is 0 Å². The molecule has 0 radical (unpaired) electrons. The van der Waals surface area contributed by atoms with Crippen LogP contribution < -0.4 is 0 Å². The highest BCUT2D eigenvalue weighted by Crippen LogP contribution is 2.53. The Morgan fingerprint density at radius 2 is 2.00 bits per heavy atom. The van der Waals surface area contributed by atoms with Crippen molar-refractivity contribution < 1.29 is 0 Å². The predicted molar refractivity (Wildman–Crippen MR) is 53.7 cm³/mol. The van der Waals surface area contributed by atoms with Crippen LogP contribution in [0.5, 0.6) is 0 Å². The average Bonchev–Trinajstić information content (AvgIpc) is 2.11. The predicted octanol–water partition coefficient (Wildman–Crippen LogP) is 3.26. The summed E-state index contributed by atoms with van der Waals surface area (Å²) in [7, 11) is -0.405. The second kappa shape index (κ2) is 2.79. The van der Waals surface area contributed by atoms with Crippen LogP contribution in [-0.2, 0) is 0 Å². The Bertz CT molecular complexity index is 146. The summed E-state index contributed by atoms with van der Waals surface area (Å²) in [4.78, 5) is 0. The minimum absolute atomic E-state index is 0.380. The highest BCUT2D eigenvalue weighted by Gasteiger charge is 2.30. The lowest BCUT2D eigenvalue weighted by molar-refractivity contribution is 1.25. The summed E-state index contributed by atoms with van der Waals surface area (Å²) in [5.74, 6) is 0. The van der Waals surface area contributed by atoms with Crippen LogP contribution in [0.15, 0.2) is 12.2 Å². The Labute approximate surface area is 66.3 Å². The molecule has 1 aliphatic heterocycles. The highest BCUT2D eigenvalue weighted by molar-refractivity contribution is 7.95. The SMILES string of the molecule is C[C@@H]1C=CC[P@@]1[Si](C)(C)C. The normalized spacial score (nSPS) is 33.2. The summed E-state index contributed by atoms with van der Waals surface area (Å²) in [6.07, 6.45) is 6.20. The zero-order valence-electron chi connectivity index (χ0n) is 7.39. The van der Waals surface area contributed by atoms with E-state index in [0.717, 1.165) is 5.66 Å². The molecular formula is C8H17PSi. The molecule has 10 heavy (non-hydrogen) atoms. The molecule has 0 nitrogen and oxygen atoms in total. The van der Waals surface area contributed by atoms with Crippen molar-refractivity contribution in [2.24, 2.45) is 0 Å². The molecule has 1 aliphatic rings. The average molecular weight is 172 g/mol. The van der Waals surface area contributed by atoms with E-state index in [2.05, 4.69) is 38.7 Å². The van der Waals surface area contributed by atoms with Crippen LogP contribution in [-0.4, -0.2) is 19.6 Å². The molecule has 0 spiro atoms. The van der Waals surface area contributed by atoms with Crippen molar-refractivity contribution in [3.8, 4) is 0 Å². The third-order valence-corrected chi connectivity index (χ3v) is 12.5. The van der Waals surface area contributed by atoms with Gasteiger partial charge in [-0.3, -0.25) is 0 Å². The van der Waals surface area contributed by atoms with E-state index in [1.165, 1.54) is 6.16 Å². The van der Waals surface area contributed by atoms with Gasteiger partial charge in [-0.25, -0.2) is 0 Å². The van der Waals surface area contributed by atoms with Crippen LogP contribution in [0.25, 0.3) is 0 Å². The Balaban J connectivity index is 2.60. The first-order chi connectivity index (χ1) is 4.52. The van der Waals surface area contributed by atoms with Gasteiger partial charge in [0.1, 0.15) is 0 Å². The summed E-state index contributed by atoms with van der Waals surface area (Å²) < 4.78 is 0. The zero-order chi connectivity index (χ0) is 7.78. The van der Waals surface area contributed by atoms with Gasteiger partial charge in [-0.1, -0.05) is 38.7 Å². The Hall–Kier alpha value is 0.387. The summed E-state index contributed by atoms with van der Waals surface area (Å²) >= 11 is 0. The fourth-order valence-electron chi connectivity index (χ4n) is 1.53. The summed E-state index contributed by atoms with van der Waals surface area (Å²) in [6.45, 7) is 9.89. The lowest BCUT2D eigenvalue weighted by Crippen LogP contribution is -2.21. The molecule has 2 heteroatoms. The van der Waals surface area contributed by atoms with E-state index >= 15 is 0 Å². The van der Waals surface area contributed by atoms with Crippen LogP contribution in [0.3, 0.4) is 0 Å². The van der Waals surface area contributed by atoms with E-state index in [9.17, 15) is 0 Å². The van der Waals surface area contributed by atoms with E-state index in [1.54, 1.807) is 0 Å². The van der Waals surface area contributed by atoms with Gasteiger partial charge in [0.05, 0.1) is 7.74 Å². The highest BCUT2D eigenvalue weighted by atomic mass is 31.4. The molecule has 0 aromatic carbocycles. The molecule has 0 amide bonds. The van der Waals surface area contributed by atoms with Gasteiger partial charge in [0, 0.05) is 0 Å². The maximum Gasteiger partial charge on any atom is 0.0730 e. The lowest BCUT2D eigenvalue weighted by Gasteiger charge is -2.29. The van der Waals surface area contributed by atoms with Gasteiger partial charge in [0.25, 0.3) is 0 Å². The second-order valence-corrected chi connectivity index (χ2v) is 16.2. The molecule has 1 heterocycles. The lowest BCUT2D eigenvalue weighted by atomic mass is 10.4. The van der Waals surface area contributed by atoms with Gasteiger partial charge in [-0.2, -0.15) is 0 Å². The number of hydrogen-bond acceptors (Lipinski definition) is 0. The van der Waals surface area contributed by atoms with Gasteiger partial charge in [-0.15, -0.1) is 7.47 Å². The van der Waals surface area contributed by atoms with Crippen molar-refractivity contribution in [1.82, 2.24) is 0 Å². The molecule has 0 aliphatic carbocycles. The smallest absolute Gasteiger partial charge is 0.0730 e. The number of hydrogen-bond donors (Lipinski definition) is 0. The maximum atomic E-state index is 2.50. The van der Waals surface area contributed by atoms with Crippen LogP contribution in [0.4, 0.5) is 0 Å². The van der Waals surface area contributed by atoms with Crippen LogP contribution in [0, 0.1) is 0 Å². The van der Waals surface area contributed by atoms with Gasteiger partial charge in [-0.05, 0) is 11.8 Å². The van der Waals surface area contributed by atoms with Crippen LogP contribution in [0.2, 0.25) is 19.6 Å². The molecule has 0 bridgehead atoms. The first-order valence-corrected chi connectivity index (χ1v) is 9.89. The summed E-state index contributed by atoms with van der Waals surface area (Å²) in [5.41, 5.74) is 0.918. The van der Waals surface area contributed by atoms with Crippen LogP contribution >= 0.6 is 7.47 Å². The minimum atomic E-state index is -0.785. The molecule has 0 N–H and O–H groups in total. The van der Waals surface area contributed by atoms with E-state index in [0.29, 0.717) is 7.47 Å². The van der Waals surface area contributed by atoms with E-state index in [-0.39, 0.29) is 0 Å². The Kier molecular flexibility index (Phi) is 2.37. The molecular weight excluding hydrogens is 155 g/mol. The third kappa shape index (κ3) is 1.70. The largest absolute Gasteiger partial charge is 0.108 e. The molecule has 0 aromatic heterocycles. The fraction of sp³-hybridized carbons (Fsp3) is 0.750. The Morgan fingerprint density at radius 3 is 2.20 bits per heavy atom. The standard InChI is InChI=1S/C8H17PSi/c1-8-6-5-7-9(8)10(2,3)4/h5-6,8H,7H2,1-4H3/t8-,9-/m1/s1. The first kappa shape index (κ1) is 8.48. The molecule has 0 aromatic rings. The number of rotatable bonds is 1. The monoisotopic (exact) mass is 172 g/mol. The van der Waals surface area contributed by atoms with Gasteiger partial charge >= 0.3 is 0 Å². The van der Waals surface area contributed by atoms with Crippen molar-refractivity contribution in [1.29, 1.82) is 0 Å². The van der Waals surface area contributed by atoms with Gasteiger partial charge in [0.15, 0.2) is 0 Å². The Morgan fingerprint density at radius 1 is 1.40 bits per heavy atom. The fourth-order valence-corrected chi connectivity index (χ4v) is 10.2. The summed E-state index contributed by atoms with van der Waals surface area (Å²) in [6, 6.07) is 0. The molecule has 2 atom stereocenters. The molecule has 58 valence electrons. The topological polar surface area (TPSA) is 0 Å². The van der Waals surface area contributed by atoms with E-state index in [1.807, 2.05) is 0 Å². The second-order valence-electron chi connectivity index (χ2n) is 3.99. The van der Waals surface area contributed by atoms with Crippen molar-refractivity contribution >= 4 is 15.2 Å². The minimum Gasteiger partial charge on any atom is -0.108 e. The van der Waals surface area contributed by atoms with E-state index < -0.39 is 7.74 Å². The van der Waals surface area contributed by atoms with Crippen molar-refractivity contribution in [2.45, 2.75) is 32.2 Å². The number of allylic oxidation sites excluding steroid dienone is 2. The van der Waals surface area contributed by atoms with Gasteiger partial charge in [0.2, 0.25) is 0 Å². The van der Waals surface area contributed by atoms with Crippen molar-refractivity contribution in [3.63, 3.8) is 0 Å². The van der Waals surface area contributed by atoms with Gasteiger partial charge < -0.3 is 0 Å². The van der Waals surface area contributed by atoms with Crippen molar-refractivity contribution in [2.75, 3.05) is 6.16 Å². The quantitative estimate of drug-likeness (QED) is 0.323. The van der Waals surface area contributed by atoms with Crippen LogP contribution in [0.1, 0.15) is 6.92 Å². The van der Waals surface area contributed by atoms with Crippen molar-refractivity contribution in [3.05, 3.63) is 12.2 Å². The molecule has 1 rings (SSSR count). The zero-order valence-corrected chi connectivity index (χ0v) is 9.28. The molecule has 0 saturated carbocycles.